The number of nitrogens with zero attached hydrogens (tertiary/aromatic N) is 2. The number of anilines is 1. The molecule has 0 aromatic heterocycles. The minimum Gasteiger partial charge on any atom is -0.372 e. The Morgan fingerprint density at radius 1 is 1.56 bits per heavy atom. The van der Waals surface area contributed by atoms with Crippen LogP contribution in [0.1, 0.15) is 11.1 Å². The number of likely N-dealkylation sites (N-methyl/N-ethyl adjacent to an activating group) is 2. The maximum absolute atomic E-state index is 13.8. The van der Waals surface area contributed by atoms with Crippen molar-refractivity contribution in [2.75, 3.05) is 32.6 Å². The fourth-order valence-electron chi connectivity index (χ4n) is 2.55. The summed E-state index contributed by atoms with van der Waals surface area (Å²) < 4.78 is 13.8. The predicted molar refractivity (Wildman–Crippen MR) is 76.0 cm³/mol. The van der Waals surface area contributed by atoms with Crippen LogP contribution in [0.25, 0.3) is 6.08 Å². The molecule has 1 heterocycles. The molecule has 1 aliphatic heterocycles. The third-order valence-corrected chi connectivity index (χ3v) is 3.95. The third-order valence-electron chi connectivity index (χ3n) is 3.56. The van der Waals surface area contributed by atoms with E-state index in [1.807, 2.05) is 21.1 Å². The maximum atomic E-state index is 13.8. The first-order valence-corrected chi connectivity index (χ1v) is 6.34. The van der Waals surface area contributed by atoms with E-state index in [-0.39, 0.29) is 10.8 Å². The lowest BCUT2D eigenvalue weighted by atomic mass is 9.94. The number of fused-ring (bicyclic) bond motifs is 1. The molecule has 0 bridgehead atoms. The molecule has 0 N–H and O–H groups in total. The summed E-state index contributed by atoms with van der Waals surface area (Å²) >= 11 is 6.01. The van der Waals surface area contributed by atoms with Crippen LogP contribution in [-0.2, 0) is 6.42 Å². The first kappa shape index (κ1) is 13.4. The minimum absolute atomic E-state index is 0.166. The fourth-order valence-corrected chi connectivity index (χ4v) is 2.78. The summed E-state index contributed by atoms with van der Waals surface area (Å²) in [5.41, 5.74) is 2.71. The Kier molecular flexibility index (Phi) is 3.64. The first-order valence-electron chi connectivity index (χ1n) is 5.96. The normalized spacial score (nSPS) is 19.0. The molecule has 1 aromatic carbocycles. The number of hydrogen-bond donors (Lipinski definition) is 0. The van der Waals surface area contributed by atoms with Gasteiger partial charge in [0.25, 0.3) is 0 Å². The number of benzene rings is 1. The number of rotatable bonds is 2. The summed E-state index contributed by atoms with van der Waals surface area (Å²) in [6, 6.07) is 1.94. The van der Waals surface area contributed by atoms with Crippen molar-refractivity contribution in [3.05, 3.63) is 34.6 Å². The van der Waals surface area contributed by atoms with E-state index in [1.54, 1.807) is 12.1 Å². The van der Waals surface area contributed by atoms with Crippen LogP contribution in [0.4, 0.5) is 10.1 Å². The first-order chi connectivity index (χ1) is 8.45. The van der Waals surface area contributed by atoms with E-state index in [9.17, 15) is 4.39 Å². The number of hydrogen-bond acceptors (Lipinski definition) is 2. The molecule has 2 rings (SSSR count). The average Bonchev–Trinajstić information content (AvgIpc) is 2.31. The Bertz CT molecular complexity index is 485. The zero-order chi connectivity index (χ0) is 13.4. The SMILES string of the molecule is C=Cc1c(Cl)c(F)cc2c1N(C)CC(N(C)C)C2. The molecule has 0 saturated carbocycles. The quantitative estimate of drug-likeness (QED) is 0.814. The molecule has 1 aromatic rings. The monoisotopic (exact) mass is 268 g/mol. The van der Waals surface area contributed by atoms with Gasteiger partial charge in [0, 0.05) is 30.9 Å². The molecule has 18 heavy (non-hydrogen) atoms. The van der Waals surface area contributed by atoms with Gasteiger partial charge in [-0.2, -0.15) is 0 Å². The van der Waals surface area contributed by atoms with E-state index in [0.717, 1.165) is 24.2 Å². The van der Waals surface area contributed by atoms with Crippen molar-refractivity contribution in [1.29, 1.82) is 0 Å². The van der Waals surface area contributed by atoms with Gasteiger partial charge in [-0.15, -0.1) is 0 Å². The Balaban J connectivity index is 2.55. The van der Waals surface area contributed by atoms with Crippen LogP contribution in [0, 0.1) is 5.82 Å². The highest BCUT2D eigenvalue weighted by molar-refractivity contribution is 6.32. The van der Waals surface area contributed by atoms with Crippen molar-refractivity contribution in [2.45, 2.75) is 12.5 Å². The lowest BCUT2D eigenvalue weighted by Crippen LogP contribution is -2.44. The van der Waals surface area contributed by atoms with Crippen molar-refractivity contribution in [1.82, 2.24) is 4.90 Å². The minimum atomic E-state index is -0.363. The number of halogens is 2. The van der Waals surface area contributed by atoms with Crippen molar-refractivity contribution in [2.24, 2.45) is 0 Å². The molecule has 0 saturated heterocycles. The van der Waals surface area contributed by atoms with Crippen molar-refractivity contribution < 1.29 is 4.39 Å². The molecule has 1 aliphatic rings. The van der Waals surface area contributed by atoms with Crippen LogP contribution in [0.3, 0.4) is 0 Å². The van der Waals surface area contributed by atoms with Crippen LogP contribution >= 0.6 is 11.6 Å². The summed E-state index contributed by atoms with van der Waals surface area (Å²) in [5, 5.41) is 0.166. The average molecular weight is 269 g/mol. The summed E-state index contributed by atoms with van der Waals surface area (Å²) in [6.07, 6.45) is 2.47. The van der Waals surface area contributed by atoms with Gasteiger partial charge < -0.3 is 9.80 Å². The second-order valence-electron chi connectivity index (χ2n) is 5.00. The predicted octanol–water partition coefficient (Wildman–Crippen LogP) is 3.04. The topological polar surface area (TPSA) is 6.48 Å². The van der Waals surface area contributed by atoms with Gasteiger partial charge in [0.05, 0.1) is 5.02 Å². The van der Waals surface area contributed by atoms with Crippen molar-refractivity contribution in [3.8, 4) is 0 Å². The summed E-state index contributed by atoms with van der Waals surface area (Å²) in [4.78, 5) is 4.30. The molecule has 0 amide bonds. The zero-order valence-electron chi connectivity index (χ0n) is 11.0. The fraction of sp³-hybridized carbons (Fsp3) is 0.429. The molecule has 0 radical (unpaired) electrons. The van der Waals surface area contributed by atoms with Gasteiger partial charge in [0.1, 0.15) is 5.82 Å². The molecule has 0 spiro atoms. The molecule has 1 atom stereocenters. The highest BCUT2D eigenvalue weighted by Gasteiger charge is 2.27. The van der Waals surface area contributed by atoms with E-state index >= 15 is 0 Å². The molecule has 2 nitrogen and oxygen atoms in total. The lowest BCUT2D eigenvalue weighted by molar-refractivity contribution is 0.288. The van der Waals surface area contributed by atoms with Gasteiger partial charge in [0.15, 0.2) is 0 Å². The van der Waals surface area contributed by atoms with Crippen LogP contribution in [0.15, 0.2) is 12.6 Å². The van der Waals surface area contributed by atoms with Gasteiger partial charge in [-0.1, -0.05) is 24.3 Å². The summed E-state index contributed by atoms with van der Waals surface area (Å²) in [6.45, 7) is 4.65. The maximum Gasteiger partial charge on any atom is 0.142 e. The molecule has 0 aliphatic carbocycles. The van der Waals surface area contributed by atoms with Gasteiger partial charge in [-0.05, 0) is 32.1 Å². The van der Waals surface area contributed by atoms with E-state index in [1.165, 1.54) is 0 Å². The van der Waals surface area contributed by atoms with Crippen molar-refractivity contribution >= 4 is 23.4 Å². The molecule has 0 fully saturated rings. The lowest BCUT2D eigenvalue weighted by Gasteiger charge is -2.38. The van der Waals surface area contributed by atoms with Crippen LogP contribution in [-0.4, -0.2) is 38.6 Å². The second kappa shape index (κ2) is 4.90. The Labute approximate surface area is 113 Å². The van der Waals surface area contributed by atoms with Gasteiger partial charge in [-0.25, -0.2) is 4.39 Å². The molecular weight excluding hydrogens is 251 g/mol. The highest BCUT2D eigenvalue weighted by atomic mass is 35.5. The van der Waals surface area contributed by atoms with Crippen LogP contribution < -0.4 is 4.90 Å². The van der Waals surface area contributed by atoms with E-state index in [2.05, 4.69) is 16.4 Å². The largest absolute Gasteiger partial charge is 0.372 e. The van der Waals surface area contributed by atoms with Gasteiger partial charge in [-0.3, -0.25) is 0 Å². The van der Waals surface area contributed by atoms with Crippen molar-refractivity contribution in [3.63, 3.8) is 0 Å². The molecule has 1 unspecified atom stereocenters. The third kappa shape index (κ3) is 2.13. The standard InChI is InChI=1S/C14H18ClFN2/c1-5-11-13(15)12(16)7-9-6-10(17(2)3)8-18(4)14(9)11/h5,7,10H,1,6,8H2,2-4H3. The Morgan fingerprint density at radius 3 is 2.78 bits per heavy atom. The Morgan fingerprint density at radius 2 is 2.22 bits per heavy atom. The summed E-state index contributed by atoms with van der Waals surface area (Å²) in [5.74, 6) is -0.363. The Hall–Kier alpha value is -1.06. The van der Waals surface area contributed by atoms with E-state index < -0.39 is 0 Å². The van der Waals surface area contributed by atoms with E-state index in [0.29, 0.717) is 11.6 Å². The van der Waals surface area contributed by atoms with Gasteiger partial charge in [0.2, 0.25) is 0 Å². The second-order valence-corrected chi connectivity index (χ2v) is 5.38. The van der Waals surface area contributed by atoms with Gasteiger partial charge >= 0.3 is 0 Å². The molecule has 98 valence electrons. The van der Waals surface area contributed by atoms with Crippen LogP contribution in [0.2, 0.25) is 5.02 Å². The smallest absolute Gasteiger partial charge is 0.142 e. The van der Waals surface area contributed by atoms with Crippen LogP contribution in [0.5, 0.6) is 0 Å². The molecular formula is C14H18ClFN2. The zero-order valence-corrected chi connectivity index (χ0v) is 11.8. The highest BCUT2D eigenvalue weighted by Crippen LogP contribution is 2.37. The molecule has 4 heteroatoms. The summed E-state index contributed by atoms with van der Waals surface area (Å²) in [7, 11) is 6.10. The van der Waals surface area contributed by atoms with E-state index in [4.69, 9.17) is 11.6 Å².